The fourth-order valence-corrected chi connectivity index (χ4v) is 2.75. The van der Waals surface area contributed by atoms with Gasteiger partial charge in [0.15, 0.2) is 0 Å². The Morgan fingerprint density at radius 3 is 1.77 bits per heavy atom. The molecule has 0 heterocycles. The van der Waals surface area contributed by atoms with E-state index < -0.39 is 31.5 Å². The Morgan fingerprint density at radius 2 is 1.54 bits per heavy atom. The van der Waals surface area contributed by atoms with E-state index in [0.29, 0.717) is 0 Å². The zero-order valence-electron chi connectivity index (χ0n) is 6.43. The maximum absolute atomic E-state index is 12.5. The maximum atomic E-state index is 12.5. The van der Waals surface area contributed by atoms with Crippen LogP contribution in [-0.4, -0.2) is 19.5 Å². The number of hydrogen-bond acceptors (Lipinski definition) is 0. The standard InChI is InChI=1S/C5H6Cl2F5Si/c1-3(2-13(6)7)4(8,9)5(10,11)12/h3H,2H2,1H3. The Hall–Kier alpha value is 0.447. The monoisotopic (exact) mass is 259 g/mol. The molecule has 0 N–H and O–H groups in total. The fourth-order valence-electron chi connectivity index (χ4n) is 0.639. The van der Waals surface area contributed by atoms with Crippen LogP contribution in [0.2, 0.25) is 6.04 Å². The van der Waals surface area contributed by atoms with Crippen molar-refractivity contribution < 1.29 is 22.0 Å². The molecule has 0 aromatic heterocycles. The predicted molar refractivity (Wildman–Crippen MR) is 42.4 cm³/mol. The molecule has 0 spiro atoms. The first-order valence-corrected chi connectivity index (χ1v) is 6.93. The first-order valence-electron chi connectivity index (χ1n) is 3.20. The van der Waals surface area contributed by atoms with Gasteiger partial charge in [0.05, 0.1) is 0 Å². The van der Waals surface area contributed by atoms with Crippen LogP contribution in [0.5, 0.6) is 0 Å². The Labute approximate surface area is 83.0 Å². The first-order chi connectivity index (χ1) is 5.59. The van der Waals surface area contributed by atoms with Gasteiger partial charge in [0.1, 0.15) is 0 Å². The van der Waals surface area contributed by atoms with Crippen molar-refractivity contribution in [3.63, 3.8) is 0 Å². The number of alkyl halides is 5. The lowest BCUT2D eigenvalue weighted by Gasteiger charge is -2.25. The van der Waals surface area contributed by atoms with Crippen LogP contribution in [0.3, 0.4) is 0 Å². The molecule has 1 atom stereocenters. The highest BCUT2D eigenvalue weighted by Crippen LogP contribution is 2.43. The summed E-state index contributed by atoms with van der Waals surface area (Å²) in [7, 11) is -2.11. The second kappa shape index (κ2) is 4.31. The Balaban J connectivity index is 4.45. The molecule has 0 aliphatic carbocycles. The zero-order valence-corrected chi connectivity index (χ0v) is 8.94. The molecule has 1 radical (unpaired) electrons. The summed E-state index contributed by atoms with van der Waals surface area (Å²) in [5, 5.41) is 0. The van der Waals surface area contributed by atoms with Gasteiger partial charge in [-0.05, 0) is 6.04 Å². The molecule has 0 saturated heterocycles. The third-order valence-corrected chi connectivity index (χ3v) is 3.30. The maximum Gasteiger partial charge on any atom is 0.453 e. The van der Waals surface area contributed by atoms with Crippen molar-refractivity contribution >= 4 is 29.6 Å². The summed E-state index contributed by atoms with van der Waals surface area (Å²) in [6, 6.07) is -0.500. The molecular weight excluding hydrogens is 254 g/mol. The molecule has 79 valence electrons. The lowest BCUT2D eigenvalue weighted by Crippen LogP contribution is -2.42. The topological polar surface area (TPSA) is 0 Å². The minimum Gasteiger partial charge on any atom is -0.196 e. The second-order valence-electron chi connectivity index (χ2n) is 2.56. The third-order valence-electron chi connectivity index (χ3n) is 1.46. The molecule has 0 saturated carbocycles. The molecule has 0 rings (SSSR count). The average Bonchev–Trinajstić information content (AvgIpc) is 1.82. The van der Waals surface area contributed by atoms with Gasteiger partial charge in [-0.3, -0.25) is 0 Å². The van der Waals surface area contributed by atoms with Crippen LogP contribution in [0.4, 0.5) is 22.0 Å². The molecule has 0 nitrogen and oxygen atoms in total. The van der Waals surface area contributed by atoms with Crippen molar-refractivity contribution in [1.82, 2.24) is 0 Å². The summed E-state index contributed by atoms with van der Waals surface area (Å²) in [5.41, 5.74) is 0. The van der Waals surface area contributed by atoms with Crippen LogP contribution in [0, 0.1) is 5.92 Å². The Kier molecular flexibility index (Phi) is 4.46. The molecule has 0 aliphatic rings. The fraction of sp³-hybridized carbons (Fsp3) is 1.00. The van der Waals surface area contributed by atoms with Gasteiger partial charge in [0, 0.05) is 5.92 Å². The zero-order chi connectivity index (χ0) is 10.9. The molecule has 13 heavy (non-hydrogen) atoms. The van der Waals surface area contributed by atoms with Gasteiger partial charge in [-0.2, -0.15) is 22.0 Å². The van der Waals surface area contributed by atoms with Crippen molar-refractivity contribution in [3.05, 3.63) is 0 Å². The first kappa shape index (κ1) is 13.4. The molecule has 0 aromatic rings. The van der Waals surface area contributed by atoms with Gasteiger partial charge >= 0.3 is 12.1 Å². The van der Waals surface area contributed by atoms with Crippen molar-refractivity contribution in [2.24, 2.45) is 5.92 Å². The highest BCUT2D eigenvalue weighted by atomic mass is 35.7. The molecule has 0 bridgehead atoms. The Bertz CT molecular complexity index is 169. The highest BCUT2D eigenvalue weighted by molar-refractivity contribution is 7.33. The van der Waals surface area contributed by atoms with E-state index in [4.69, 9.17) is 22.2 Å². The van der Waals surface area contributed by atoms with Crippen LogP contribution < -0.4 is 0 Å². The second-order valence-corrected chi connectivity index (χ2v) is 6.97. The van der Waals surface area contributed by atoms with E-state index in [0.717, 1.165) is 6.92 Å². The minimum absolute atomic E-state index is 0.500. The summed E-state index contributed by atoms with van der Waals surface area (Å²) in [5.74, 6) is -6.59. The van der Waals surface area contributed by atoms with Gasteiger partial charge < -0.3 is 0 Å². The van der Waals surface area contributed by atoms with E-state index in [1.54, 1.807) is 0 Å². The van der Waals surface area contributed by atoms with Crippen molar-refractivity contribution in [3.8, 4) is 0 Å². The van der Waals surface area contributed by atoms with Crippen molar-refractivity contribution in [1.29, 1.82) is 0 Å². The smallest absolute Gasteiger partial charge is 0.196 e. The summed E-state index contributed by atoms with van der Waals surface area (Å²) < 4.78 is 60.0. The highest BCUT2D eigenvalue weighted by Gasteiger charge is 2.60. The molecule has 0 amide bonds. The summed E-state index contributed by atoms with van der Waals surface area (Å²) in [6.07, 6.45) is -5.53. The van der Waals surface area contributed by atoms with E-state index >= 15 is 0 Å². The summed E-state index contributed by atoms with van der Waals surface area (Å²) >= 11 is 10.4. The van der Waals surface area contributed by atoms with Crippen molar-refractivity contribution in [2.75, 3.05) is 0 Å². The van der Waals surface area contributed by atoms with Gasteiger partial charge in [-0.1, -0.05) is 6.92 Å². The number of hydrogen-bond donors (Lipinski definition) is 0. The predicted octanol–water partition coefficient (Wildman–Crippen LogP) is 3.79. The lowest BCUT2D eigenvalue weighted by molar-refractivity contribution is -0.298. The number of halogens is 7. The van der Waals surface area contributed by atoms with E-state index in [1.807, 2.05) is 0 Å². The van der Waals surface area contributed by atoms with Gasteiger partial charge in [-0.25, -0.2) is 0 Å². The van der Waals surface area contributed by atoms with Crippen molar-refractivity contribution in [2.45, 2.75) is 25.1 Å². The summed E-state index contributed by atoms with van der Waals surface area (Å²) in [6.45, 7) is 0.781. The van der Waals surface area contributed by atoms with Crippen LogP contribution in [-0.2, 0) is 0 Å². The van der Waals surface area contributed by atoms with Crippen LogP contribution >= 0.6 is 22.2 Å². The van der Waals surface area contributed by atoms with Crippen LogP contribution in [0.15, 0.2) is 0 Å². The molecular formula is C5H6Cl2F5Si. The van der Waals surface area contributed by atoms with E-state index in [-0.39, 0.29) is 0 Å². The SMILES string of the molecule is CC(C[Si](Cl)Cl)C(F)(F)C(F)(F)F. The third kappa shape index (κ3) is 3.59. The van der Waals surface area contributed by atoms with Crippen LogP contribution in [0.25, 0.3) is 0 Å². The molecule has 8 heteroatoms. The molecule has 0 fully saturated rings. The molecule has 0 aliphatic heterocycles. The van der Waals surface area contributed by atoms with E-state index in [9.17, 15) is 22.0 Å². The Morgan fingerprint density at radius 1 is 1.15 bits per heavy atom. The van der Waals surface area contributed by atoms with Crippen LogP contribution in [0.1, 0.15) is 6.92 Å². The minimum atomic E-state index is -5.53. The van der Waals surface area contributed by atoms with Gasteiger partial charge in [0.2, 0.25) is 0 Å². The molecule has 1 unspecified atom stereocenters. The van der Waals surface area contributed by atoms with Gasteiger partial charge in [0.25, 0.3) is 7.42 Å². The van der Waals surface area contributed by atoms with E-state index in [1.165, 1.54) is 0 Å². The van der Waals surface area contributed by atoms with Gasteiger partial charge in [-0.15, -0.1) is 22.2 Å². The largest absolute Gasteiger partial charge is 0.453 e. The normalized spacial score (nSPS) is 16.4. The lowest BCUT2D eigenvalue weighted by atomic mass is 10.1. The average molecular weight is 260 g/mol. The summed E-state index contributed by atoms with van der Waals surface area (Å²) in [4.78, 5) is 0. The quantitative estimate of drug-likeness (QED) is 0.411. The number of rotatable bonds is 3. The molecule has 0 aromatic carbocycles. The van der Waals surface area contributed by atoms with E-state index in [2.05, 4.69) is 0 Å².